The monoisotopic (exact) mass is 430 g/mol. The Morgan fingerprint density at radius 3 is 2.37 bits per heavy atom. The van der Waals surface area contributed by atoms with Gasteiger partial charge in [0.2, 0.25) is 0 Å². The van der Waals surface area contributed by atoms with E-state index in [9.17, 15) is 18.0 Å². The van der Waals surface area contributed by atoms with Crippen LogP contribution in [0.15, 0.2) is 53.4 Å². The predicted molar refractivity (Wildman–Crippen MR) is 114 cm³/mol. The smallest absolute Gasteiger partial charge is 0.308 e. The molecule has 1 amide bonds. The van der Waals surface area contributed by atoms with Gasteiger partial charge in [-0.2, -0.15) is 0 Å². The van der Waals surface area contributed by atoms with Gasteiger partial charge in [-0.25, -0.2) is 8.42 Å². The largest absolute Gasteiger partial charge is 0.469 e. The Labute approximate surface area is 177 Å². The number of piperidine rings is 1. The summed E-state index contributed by atoms with van der Waals surface area (Å²) in [6, 6.07) is 13.3. The molecule has 0 aliphatic carbocycles. The maximum absolute atomic E-state index is 13.1. The third-order valence-electron chi connectivity index (χ3n) is 5.51. The van der Waals surface area contributed by atoms with Crippen LogP contribution in [-0.4, -0.2) is 52.4 Å². The topological polar surface area (TPSA) is 84.0 Å². The first-order valence-electron chi connectivity index (χ1n) is 9.77. The average molecular weight is 431 g/mol. The van der Waals surface area contributed by atoms with Crippen molar-refractivity contribution in [1.29, 1.82) is 0 Å². The maximum Gasteiger partial charge on any atom is 0.308 e. The van der Waals surface area contributed by atoms with Crippen LogP contribution >= 0.6 is 0 Å². The molecule has 1 saturated heterocycles. The number of hydrogen-bond acceptors (Lipinski definition) is 5. The molecule has 7 nitrogen and oxygen atoms in total. The van der Waals surface area contributed by atoms with E-state index in [2.05, 4.69) is 0 Å². The van der Waals surface area contributed by atoms with Gasteiger partial charge in [0.25, 0.3) is 15.9 Å². The van der Waals surface area contributed by atoms with Crippen LogP contribution < -0.4 is 4.31 Å². The molecule has 0 bridgehead atoms. The van der Waals surface area contributed by atoms with E-state index in [1.54, 1.807) is 29.2 Å². The number of methoxy groups -OCH3 is 1. The molecule has 0 spiro atoms. The number of carbonyl (C=O) groups is 2. The van der Waals surface area contributed by atoms with Gasteiger partial charge in [-0.05, 0) is 49.6 Å². The van der Waals surface area contributed by atoms with E-state index in [0.29, 0.717) is 37.2 Å². The van der Waals surface area contributed by atoms with Crippen molar-refractivity contribution in [1.82, 2.24) is 4.90 Å². The summed E-state index contributed by atoms with van der Waals surface area (Å²) in [5.74, 6) is -0.697. The zero-order valence-corrected chi connectivity index (χ0v) is 18.2. The van der Waals surface area contributed by atoms with E-state index in [-0.39, 0.29) is 22.7 Å². The van der Waals surface area contributed by atoms with E-state index < -0.39 is 10.0 Å². The van der Waals surface area contributed by atoms with Crippen molar-refractivity contribution in [2.75, 3.05) is 31.6 Å². The molecule has 2 aromatic rings. The Morgan fingerprint density at radius 2 is 1.73 bits per heavy atom. The number of nitrogens with zero attached hydrogens (tertiary/aromatic N) is 2. The lowest BCUT2D eigenvalue weighted by molar-refractivity contribution is -0.146. The minimum Gasteiger partial charge on any atom is -0.469 e. The standard InChI is InChI=1S/C22H26N2O5S/c1-16-7-4-5-10-20(16)23(2)30(27,28)19-9-6-8-18(15-19)21(25)24-13-11-17(12-14-24)22(26)29-3/h4-10,15,17H,11-14H2,1-3H3. The second kappa shape index (κ2) is 8.87. The molecule has 1 heterocycles. The fraction of sp³-hybridized carbons (Fsp3) is 0.364. The lowest BCUT2D eigenvalue weighted by Gasteiger charge is -2.31. The minimum atomic E-state index is -3.82. The van der Waals surface area contributed by atoms with Crippen molar-refractivity contribution in [2.24, 2.45) is 5.92 Å². The van der Waals surface area contributed by atoms with Crippen LogP contribution in [0.25, 0.3) is 0 Å². The highest BCUT2D eigenvalue weighted by atomic mass is 32.2. The Hall–Kier alpha value is -2.87. The number of para-hydroxylation sites is 1. The Bertz CT molecular complexity index is 1040. The molecule has 1 fully saturated rings. The SMILES string of the molecule is COC(=O)C1CCN(C(=O)c2cccc(S(=O)(=O)N(C)c3ccccc3C)c2)CC1. The fourth-order valence-electron chi connectivity index (χ4n) is 3.66. The number of benzene rings is 2. The van der Waals surface area contributed by atoms with Crippen molar-refractivity contribution < 1.29 is 22.7 Å². The summed E-state index contributed by atoms with van der Waals surface area (Å²) in [6.45, 7) is 2.70. The van der Waals surface area contributed by atoms with Crippen molar-refractivity contribution in [2.45, 2.75) is 24.7 Å². The summed E-state index contributed by atoms with van der Waals surface area (Å²) < 4.78 is 32.3. The van der Waals surface area contributed by atoms with Gasteiger partial charge in [0, 0.05) is 25.7 Å². The van der Waals surface area contributed by atoms with Gasteiger partial charge in [-0.15, -0.1) is 0 Å². The summed E-state index contributed by atoms with van der Waals surface area (Å²) >= 11 is 0. The van der Waals surface area contributed by atoms with Gasteiger partial charge in [-0.1, -0.05) is 24.3 Å². The second-order valence-electron chi connectivity index (χ2n) is 7.38. The molecular weight excluding hydrogens is 404 g/mol. The fourth-order valence-corrected chi connectivity index (χ4v) is 4.97. The quantitative estimate of drug-likeness (QED) is 0.681. The number of esters is 1. The number of anilines is 1. The zero-order valence-electron chi connectivity index (χ0n) is 17.4. The molecule has 3 rings (SSSR count). The van der Waals surface area contributed by atoms with E-state index in [4.69, 9.17) is 4.74 Å². The average Bonchev–Trinajstić information content (AvgIpc) is 2.78. The third kappa shape index (κ3) is 4.33. The van der Waals surface area contributed by atoms with Crippen molar-refractivity contribution in [3.8, 4) is 0 Å². The number of hydrogen-bond donors (Lipinski definition) is 0. The normalized spacial score (nSPS) is 15.0. The van der Waals surface area contributed by atoms with Crippen LogP contribution in [0.4, 0.5) is 5.69 Å². The molecule has 0 saturated carbocycles. The minimum absolute atomic E-state index is 0.0588. The number of sulfonamides is 1. The second-order valence-corrected chi connectivity index (χ2v) is 9.35. The molecule has 8 heteroatoms. The molecule has 1 aliphatic rings. The molecule has 0 N–H and O–H groups in total. The first-order valence-corrected chi connectivity index (χ1v) is 11.2. The molecule has 2 aromatic carbocycles. The molecule has 0 unspecified atom stereocenters. The lowest BCUT2D eigenvalue weighted by atomic mass is 9.96. The van der Waals surface area contributed by atoms with Crippen LogP contribution in [0.3, 0.4) is 0 Å². The van der Waals surface area contributed by atoms with Crippen LogP contribution in [-0.2, 0) is 19.6 Å². The van der Waals surface area contributed by atoms with E-state index >= 15 is 0 Å². The summed E-state index contributed by atoms with van der Waals surface area (Å²) in [4.78, 5) is 26.3. The molecule has 160 valence electrons. The van der Waals surface area contributed by atoms with Crippen molar-refractivity contribution in [3.63, 3.8) is 0 Å². The Balaban J connectivity index is 1.80. The van der Waals surface area contributed by atoms with E-state index in [0.717, 1.165) is 5.56 Å². The highest BCUT2D eigenvalue weighted by Crippen LogP contribution is 2.26. The molecule has 1 aliphatic heterocycles. The molecular formula is C22H26N2O5S. The summed E-state index contributed by atoms with van der Waals surface area (Å²) in [6.07, 6.45) is 1.07. The zero-order chi connectivity index (χ0) is 21.9. The predicted octanol–water partition coefficient (Wildman–Crippen LogP) is 2.85. The number of likely N-dealkylation sites (tertiary alicyclic amines) is 1. The van der Waals surface area contributed by atoms with Gasteiger partial charge in [0.05, 0.1) is 23.6 Å². The lowest BCUT2D eigenvalue weighted by Crippen LogP contribution is -2.40. The number of rotatable bonds is 5. The maximum atomic E-state index is 13.1. The number of aryl methyl sites for hydroxylation is 1. The number of carbonyl (C=O) groups excluding carboxylic acids is 2. The highest BCUT2D eigenvalue weighted by molar-refractivity contribution is 7.92. The van der Waals surface area contributed by atoms with Crippen molar-refractivity contribution in [3.05, 3.63) is 59.7 Å². The summed E-state index contributed by atoms with van der Waals surface area (Å²) in [5.41, 5.74) is 1.73. The van der Waals surface area contributed by atoms with E-state index in [1.165, 1.54) is 30.6 Å². The number of amides is 1. The molecule has 0 atom stereocenters. The van der Waals surface area contributed by atoms with Crippen LogP contribution in [0.5, 0.6) is 0 Å². The summed E-state index contributed by atoms with van der Waals surface area (Å²) in [5, 5.41) is 0. The molecule has 30 heavy (non-hydrogen) atoms. The van der Waals surface area contributed by atoms with Gasteiger partial charge in [0.1, 0.15) is 0 Å². The Kier molecular flexibility index (Phi) is 6.45. The van der Waals surface area contributed by atoms with Gasteiger partial charge in [-0.3, -0.25) is 13.9 Å². The van der Waals surface area contributed by atoms with Gasteiger partial charge in [0.15, 0.2) is 0 Å². The summed E-state index contributed by atoms with van der Waals surface area (Å²) in [7, 11) is -0.959. The Morgan fingerprint density at radius 1 is 1.07 bits per heavy atom. The first kappa shape index (κ1) is 21.8. The van der Waals surface area contributed by atoms with Crippen molar-refractivity contribution >= 4 is 27.6 Å². The molecule has 0 aromatic heterocycles. The van der Waals surface area contributed by atoms with Gasteiger partial charge < -0.3 is 9.64 Å². The highest BCUT2D eigenvalue weighted by Gasteiger charge is 2.29. The first-order chi connectivity index (χ1) is 14.3. The van der Waals surface area contributed by atoms with E-state index in [1.807, 2.05) is 19.1 Å². The molecule has 0 radical (unpaired) electrons. The van der Waals surface area contributed by atoms with Crippen LogP contribution in [0.1, 0.15) is 28.8 Å². The van der Waals surface area contributed by atoms with Crippen LogP contribution in [0, 0.1) is 12.8 Å². The van der Waals surface area contributed by atoms with Gasteiger partial charge >= 0.3 is 5.97 Å². The van der Waals surface area contributed by atoms with Crippen LogP contribution in [0.2, 0.25) is 0 Å². The number of ether oxygens (including phenoxy) is 1. The third-order valence-corrected chi connectivity index (χ3v) is 7.28.